The predicted molar refractivity (Wildman–Crippen MR) is 88.1 cm³/mol. The van der Waals surface area contributed by atoms with Gasteiger partial charge in [-0.05, 0) is 51.0 Å². The predicted octanol–water partition coefficient (Wildman–Crippen LogP) is 3.30. The highest BCUT2D eigenvalue weighted by Crippen LogP contribution is 2.29. The van der Waals surface area contributed by atoms with Crippen LogP contribution in [0.1, 0.15) is 33.8 Å². The van der Waals surface area contributed by atoms with E-state index in [2.05, 4.69) is 4.72 Å². The molecule has 0 fully saturated rings. The first-order valence-corrected chi connectivity index (χ1v) is 8.96. The number of nitrogens with one attached hydrogen (secondary N) is 1. The van der Waals surface area contributed by atoms with E-state index in [1.165, 1.54) is 4.88 Å². The van der Waals surface area contributed by atoms with Crippen LogP contribution in [0.3, 0.4) is 0 Å². The third-order valence-corrected chi connectivity index (χ3v) is 6.13. The second kappa shape index (κ2) is 5.79. The lowest BCUT2D eigenvalue weighted by Crippen LogP contribution is -2.28. The molecule has 2 rings (SSSR count). The molecule has 0 saturated carbocycles. The zero-order chi connectivity index (χ0) is 15.8. The number of rotatable bonds is 4. The number of nitrogens with two attached hydrogens (primary N) is 1. The van der Waals surface area contributed by atoms with E-state index in [1.807, 2.05) is 26.8 Å². The molecule has 1 heterocycles. The molecule has 1 aromatic carbocycles. The van der Waals surface area contributed by atoms with E-state index in [-0.39, 0.29) is 16.6 Å². The van der Waals surface area contributed by atoms with Gasteiger partial charge in [0, 0.05) is 15.8 Å². The van der Waals surface area contributed by atoms with Crippen molar-refractivity contribution >= 4 is 27.0 Å². The fourth-order valence-corrected chi connectivity index (χ4v) is 5.08. The number of thiophene rings is 1. The summed E-state index contributed by atoms with van der Waals surface area (Å²) in [6.07, 6.45) is 0. The maximum Gasteiger partial charge on any atom is 0.243 e. The fourth-order valence-electron chi connectivity index (χ4n) is 2.48. The second-order valence-electron chi connectivity index (χ2n) is 5.20. The lowest BCUT2D eigenvalue weighted by molar-refractivity contribution is 0.566. The van der Waals surface area contributed by atoms with Crippen molar-refractivity contribution in [3.8, 4) is 0 Å². The summed E-state index contributed by atoms with van der Waals surface area (Å²) in [5.74, 6) is 0. The Morgan fingerprint density at radius 1 is 1.24 bits per heavy atom. The summed E-state index contributed by atoms with van der Waals surface area (Å²) in [6.45, 7) is 7.61. The van der Waals surface area contributed by atoms with Crippen LogP contribution in [-0.2, 0) is 10.0 Å². The van der Waals surface area contributed by atoms with E-state index < -0.39 is 10.0 Å². The Morgan fingerprint density at radius 3 is 2.43 bits per heavy atom. The minimum Gasteiger partial charge on any atom is -0.398 e. The first kappa shape index (κ1) is 16.0. The number of benzene rings is 1. The third-order valence-electron chi connectivity index (χ3n) is 3.39. The van der Waals surface area contributed by atoms with Crippen molar-refractivity contribution in [2.24, 2.45) is 0 Å². The zero-order valence-electron chi connectivity index (χ0n) is 12.6. The molecule has 2 aromatic rings. The molecule has 0 aliphatic heterocycles. The highest BCUT2D eigenvalue weighted by molar-refractivity contribution is 7.89. The van der Waals surface area contributed by atoms with Crippen molar-refractivity contribution in [3.05, 3.63) is 45.1 Å². The Morgan fingerprint density at radius 2 is 1.90 bits per heavy atom. The normalized spacial score (nSPS) is 13.3. The maximum atomic E-state index is 12.6. The Labute approximate surface area is 130 Å². The smallest absolute Gasteiger partial charge is 0.243 e. The Hall–Kier alpha value is -1.37. The molecule has 0 bridgehead atoms. The zero-order valence-corrected chi connectivity index (χ0v) is 14.2. The summed E-state index contributed by atoms with van der Waals surface area (Å²) in [5, 5.41) is 0. The van der Waals surface area contributed by atoms with E-state index in [0.29, 0.717) is 5.56 Å². The number of sulfonamides is 1. The highest BCUT2D eigenvalue weighted by Gasteiger charge is 2.23. The Kier molecular flexibility index (Phi) is 4.41. The van der Waals surface area contributed by atoms with Gasteiger partial charge in [-0.25, -0.2) is 13.1 Å². The molecule has 0 saturated heterocycles. The van der Waals surface area contributed by atoms with Gasteiger partial charge in [-0.15, -0.1) is 11.3 Å². The van der Waals surface area contributed by atoms with Crippen molar-refractivity contribution in [1.29, 1.82) is 0 Å². The first-order valence-electron chi connectivity index (χ1n) is 6.66. The lowest BCUT2D eigenvalue weighted by atomic mass is 10.1. The first-order chi connectivity index (χ1) is 9.72. The molecule has 1 unspecified atom stereocenters. The van der Waals surface area contributed by atoms with Crippen LogP contribution in [0.4, 0.5) is 5.69 Å². The lowest BCUT2D eigenvalue weighted by Gasteiger charge is -2.16. The van der Waals surface area contributed by atoms with Crippen LogP contribution in [-0.4, -0.2) is 8.42 Å². The van der Waals surface area contributed by atoms with Gasteiger partial charge in [-0.2, -0.15) is 0 Å². The maximum absolute atomic E-state index is 12.6. The summed E-state index contributed by atoms with van der Waals surface area (Å²) < 4.78 is 27.9. The number of hydrogen-bond acceptors (Lipinski definition) is 4. The molecular formula is C15H20N2O2S2. The van der Waals surface area contributed by atoms with Gasteiger partial charge in [0.05, 0.1) is 5.69 Å². The van der Waals surface area contributed by atoms with E-state index in [0.717, 1.165) is 10.4 Å². The van der Waals surface area contributed by atoms with E-state index in [4.69, 9.17) is 5.73 Å². The number of nitrogen functional groups attached to an aromatic ring is 1. The molecule has 1 aromatic heterocycles. The van der Waals surface area contributed by atoms with Crippen LogP contribution in [0.2, 0.25) is 0 Å². The van der Waals surface area contributed by atoms with Crippen molar-refractivity contribution in [2.75, 3.05) is 5.73 Å². The summed E-state index contributed by atoms with van der Waals surface area (Å²) >= 11 is 1.67. The Balaban J connectivity index is 2.36. The molecule has 114 valence electrons. The second-order valence-corrected chi connectivity index (χ2v) is 8.32. The average Bonchev–Trinajstić information content (AvgIpc) is 2.67. The Bertz CT molecular complexity index is 744. The topological polar surface area (TPSA) is 72.2 Å². The minimum atomic E-state index is -3.65. The van der Waals surface area contributed by atoms with Crippen molar-refractivity contribution in [3.63, 3.8) is 0 Å². The molecule has 0 aliphatic carbocycles. The largest absolute Gasteiger partial charge is 0.398 e. The van der Waals surface area contributed by atoms with Gasteiger partial charge in [-0.3, -0.25) is 0 Å². The number of aryl methyl sites for hydroxylation is 3. The van der Waals surface area contributed by atoms with Gasteiger partial charge in [0.1, 0.15) is 4.90 Å². The summed E-state index contributed by atoms with van der Waals surface area (Å²) in [6, 6.07) is 6.83. The minimum absolute atomic E-state index is 0.168. The number of anilines is 1. The monoisotopic (exact) mass is 324 g/mol. The van der Waals surface area contributed by atoms with Crippen LogP contribution in [0, 0.1) is 20.8 Å². The van der Waals surface area contributed by atoms with Gasteiger partial charge >= 0.3 is 0 Å². The standard InChI is InChI=1S/C15H20N2O2S2/c1-9-6-5-7-14(16)15(9)21(18,19)17-11(3)13-8-10(2)20-12(13)4/h5-8,11,17H,16H2,1-4H3. The quantitative estimate of drug-likeness (QED) is 0.848. The molecule has 3 N–H and O–H groups in total. The molecule has 0 spiro atoms. The molecule has 21 heavy (non-hydrogen) atoms. The average molecular weight is 324 g/mol. The third kappa shape index (κ3) is 3.28. The van der Waals surface area contributed by atoms with Crippen molar-refractivity contribution in [1.82, 2.24) is 4.72 Å². The van der Waals surface area contributed by atoms with Crippen molar-refractivity contribution < 1.29 is 8.42 Å². The van der Waals surface area contributed by atoms with Crippen LogP contribution >= 0.6 is 11.3 Å². The summed E-state index contributed by atoms with van der Waals surface area (Å²) in [5.41, 5.74) is 7.76. The van der Waals surface area contributed by atoms with Gasteiger partial charge in [0.2, 0.25) is 10.0 Å². The number of hydrogen-bond donors (Lipinski definition) is 2. The summed E-state index contributed by atoms with van der Waals surface area (Å²) in [4.78, 5) is 2.46. The molecule has 6 heteroatoms. The van der Waals surface area contributed by atoms with Crippen LogP contribution in [0.15, 0.2) is 29.2 Å². The SMILES string of the molecule is Cc1cc(C(C)NS(=O)(=O)c2c(C)cccc2N)c(C)s1. The van der Waals surface area contributed by atoms with Gasteiger partial charge in [0.15, 0.2) is 0 Å². The van der Waals surface area contributed by atoms with Gasteiger partial charge in [0.25, 0.3) is 0 Å². The van der Waals surface area contributed by atoms with E-state index in [1.54, 1.807) is 36.5 Å². The summed E-state index contributed by atoms with van der Waals surface area (Å²) in [7, 11) is -3.65. The van der Waals surface area contributed by atoms with E-state index >= 15 is 0 Å². The molecule has 0 radical (unpaired) electrons. The van der Waals surface area contributed by atoms with Crippen LogP contribution < -0.4 is 10.5 Å². The van der Waals surface area contributed by atoms with Gasteiger partial charge in [-0.1, -0.05) is 12.1 Å². The fraction of sp³-hybridized carbons (Fsp3) is 0.333. The molecule has 4 nitrogen and oxygen atoms in total. The highest BCUT2D eigenvalue weighted by atomic mass is 32.2. The van der Waals surface area contributed by atoms with Gasteiger partial charge < -0.3 is 5.73 Å². The molecule has 0 aliphatic rings. The van der Waals surface area contributed by atoms with E-state index in [9.17, 15) is 8.42 Å². The van der Waals surface area contributed by atoms with Crippen molar-refractivity contribution in [2.45, 2.75) is 38.6 Å². The molecular weight excluding hydrogens is 304 g/mol. The van der Waals surface area contributed by atoms with Crippen LogP contribution in [0.5, 0.6) is 0 Å². The molecule has 1 atom stereocenters. The molecule has 0 amide bonds. The van der Waals surface area contributed by atoms with Crippen LogP contribution in [0.25, 0.3) is 0 Å².